The van der Waals surface area contributed by atoms with Gasteiger partial charge in [0.1, 0.15) is 0 Å². The fraction of sp³-hybridized carbons (Fsp3) is 1.00. The van der Waals surface area contributed by atoms with Crippen molar-refractivity contribution in [1.29, 1.82) is 0 Å². The van der Waals surface area contributed by atoms with Gasteiger partial charge in [-0.25, -0.2) is 0 Å². The highest BCUT2D eigenvalue weighted by atomic mass is 32.1. The predicted octanol–water partition coefficient (Wildman–Crippen LogP) is 6.77. The van der Waals surface area contributed by atoms with E-state index < -0.39 is 0 Å². The summed E-state index contributed by atoms with van der Waals surface area (Å²) in [5, 5.41) is 0. The third-order valence-corrected chi connectivity index (χ3v) is 5.36. The van der Waals surface area contributed by atoms with Gasteiger partial charge in [-0.2, -0.15) is 25.3 Å². The Labute approximate surface area is 176 Å². The van der Waals surface area contributed by atoms with Crippen LogP contribution in [0.15, 0.2) is 0 Å². The Kier molecular flexibility index (Phi) is 33.7. The van der Waals surface area contributed by atoms with Gasteiger partial charge in [0, 0.05) is 0 Å². The minimum Gasteiger partial charge on any atom is -0.330 e. The molecular formula is C22H50N2S2. The summed E-state index contributed by atoms with van der Waals surface area (Å²) >= 11 is 8.38. The first-order valence-electron chi connectivity index (χ1n) is 11.4. The number of thiol groups is 2. The zero-order valence-corrected chi connectivity index (χ0v) is 19.4. The van der Waals surface area contributed by atoms with E-state index in [9.17, 15) is 0 Å². The van der Waals surface area contributed by atoms with Crippen molar-refractivity contribution in [1.82, 2.24) is 0 Å². The summed E-state index contributed by atoms with van der Waals surface area (Å²) in [4.78, 5) is 0. The fourth-order valence-corrected chi connectivity index (χ4v) is 3.43. The Balaban J connectivity index is 0. The number of nitrogens with two attached hydrogens (primary N) is 2. The van der Waals surface area contributed by atoms with E-state index in [-0.39, 0.29) is 0 Å². The molecule has 160 valence electrons. The molecule has 0 bridgehead atoms. The molecule has 0 aliphatic rings. The lowest BCUT2D eigenvalue weighted by Crippen LogP contribution is -1.97. The van der Waals surface area contributed by atoms with Crippen molar-refractivity contribution in [3.63, 3.8) is 0 Å². The van der Waals surface area contributed by atoms with Crippen LogP contribution >= 0.6 is 25.3 Å². The maximum Gasteiger partial charge on any atom is -0.00773 e. The van der Waals surface area contributed by atoms with E-state index in [1.807, 2.05) is 0 Å². The SMILES string of the molecule is NCCCCCCCCCCCCS.NCCCCCCCCCCS. The van der Waals surface area contributed by atoms with E-state index in [1.54, 1.807) is 0 Å². The van der Waals surface area contributed by atoms with Gasteiger partial charge in [0.05, 0.1) is 0 Å². The number of hydrogen-bond acceptors (Lipinski definition) is 4. The highest BCUT2D eigenvalue weighted by molar-refractivity contribution is 7.80. The largest absolute Gasteiger partial charge is 0.330 e. The highest BCUT2D eigenvalue weighted by Gasteiger charge is 1.92. The maximum absolute atomic E-state index is 5.43. The first-order valence-corrected chi connectivity index (χ1v) is 12.7. The lowest BCUT2D eigenvalue weighted by atomic mass is 10.1. The monoisotopic (exact) mass is 406 g/mol. The summed E-state index contributed by atoms with van der Waals surface area (Å²) in [6, 6.07) is 0. The molecule has 0 saturated heterocycles. The Morgan fingerprint density at radius 3 is 0.692 bits per heavy atom. The summed E-state index contributed by atoms with van der Waals surface area (Å²) in [6.45, 7) is 1.73. The van der Waals surface area contributed by atoms with Gasteiger partial charge in [0.25, 0.3) is 0 Å². The van der Waals surface area contributed by atoms with Gasteiger partial charge in [-0.1, -0.05) is 89.9 Å². The predicted molar refractivity (Wildman–Crippen MR) is 129 cm³/mol. The van der Waals surface area contributed by atoms with E-state index in [0.29, 0.717) is 0 Å². The van der Waals surface area contributed by atoms with Crippen molar-refractivity contribution in [3.05, 3.63) is 0 Å². The molecule has 4 heteroatoms. The van der Waals surface area contributed by atoms with Gasteiger partial charge in [-0.05, 0) is 50.3 Å². The first kappa shape index (κ1) is 28.8. The Morgan fingerprint density at radius 1 is 0.308 bits per heavy atom. The first-order chi connectivity index (χ1) is 12.8. The second-order valence-corrected chi connectivity index (χ2v) is 8.28. The van der Waals surface area contributed by atoms with Crippen molar-refractivity contribution >= 4 is 25.3 Å². The summed E-state index contributed by atoms with van der Waals surface area (Å²) < 4.78 is 0. The number of hydrogen-bond donors (Lipinski definition) is 4. The molecule has 0 fully saturated rings. The van der Waals surface area contributed by atoms with Crippen LogP contribution in [0.3, 0.4) is 0 Å². The van der Waals surface area contributed by atoms with Crippen LogP contribution in [0, 0.1) is 0 Å². The molecule has 0 radical (unpaired) electrons. The average molecular weight is 407 g/mol. The second kappa shape index (κ2) is 30.4. The van der Waals surface area contributed by atoms with Gasteiger partial charge in [0.15, 0.2) is 0 Å². The van der Waals surface area contributed by atoms with Crippen LogP contribution in [0.25, 0.3) is 0 Å². The highest BCUT2D eigenvalue weighted by Crippen LogP contribution is 2.10. The van der Waals surface area contributed by atoms with Crippen LogP contribution in [0.1, 0.15) is 116 Å². The van der Waals surface area contributed by atoms with E-state index >= 15 is 0 Å². The Hall–Kier alpha value is 0.620. The molecule has 0 heterocycles. The van der Waals surface area contributed by atoms with Gasteiger partial charge < -0.3 is 11.5 Å². The third-order valence-electron chi connectivity index (χ3n) is 4.72. The molecule has 26 heavy (non-hydrogen) atoms. The normalized spacial score (nSPS) is 10.6. The summed E-state index contributed by atoms with van der Waals surface area (Å²) in [7, 11) is 0. The zero-order valence-electron chi connectivity index (χ0n) is 17.6. The Bertz CT molecular complexity index is 194. The third kappa shape index (κ3) is 32.3. The summed E-state index contributed by atoms with van der Waals surface area (Å²) in [5.41, 5.74) is 10.8. The molecule has 0 aromatic carbocycles. The van der Waals surface area contributed by atoms with Gasteiger partial charge in [0.2, 0.25) is 0 Å². The van der Waals surface area contributed by atoms with E-state index in [0.717, 1.165) is 24.6 Å². The van der Waals surface area contributed by atoms with Gasteiger partial charge in [-0.3, -0.25) is 0 Å². The van der Waals surface area contributed by atoms with Crippen molar-refractivity contribution in [2.24, 2.45) is 11.5 Å². The minimum absolute atomic E-state index is 0.861. The molecule has 4 N–H and O–H groups in total. The van der Waals surface area contributed by atoms with Crippen LogP contribution in [0.2, 0.25) is 0 Å². The van der Waals surface area contributed by atoms with Gasteiger partial charge in [-0.15, -0.1) is 0 Å². The Morgan fingerprint density at radius 2 is 0.500 bits per heavy atom. The van der Waals surface area contributed by atoms with Crippen LogP contribution < -0.4 is 11.5 Å². The van der Waals surface area contributed by atoms with Crippen molar-refractivity contribution in [2.45, 2.75) is 116 Å². The zero-order chi connectivity index (χ0) is 19.6. The molecule has 0 aromatic rings. The lowest BCUT2D eigenvalue weighted by Gasteiger charge is -2.01. The van der Waals surface area contributed by atoms with E-state index in [4.69, 9.17) is 11.5 Å². The summed E-state index contributed by atoms with van der Waals surface area (Å²) in [6.07, 6.45) is 24.4. The standard InChI is InChI=1S/C12H27NS.C10H23NS/c13-11-9-7-5-3-1-2-4-6-8-10-12-14;11-9-7-5-3-1-2-4-6-8-10-12/h14H,1-13H2;12H,1-11H2. The van der Waals surface area contributed by atoms with Crippen molar-refractivity contribution < 1.29 is 0 Å². The molecular weight excluding hydrogens is 356 g/mol. The van der Waals surface area contributed by atoms with E-state index in [1.165, 1.54) is 116 Å². The van der Waals surface area contributed by atoms with Crippen LogP contribution in [0.5, 0.6) is 0 Å². The summed E-state index contributed by atoms with van der Waals surface area (Å²) in [5.74, 6) is 2.10. The quantitative estimate of drug-likeness (QED) is 0.133. The topological polar surface area (TPSA) is 52.0 Å². The molecule has 0 aliphatic heterocycles. The maximum atomic E-state index is 5.43. The van der Waals surface area contributed by atoms with Gasteiger partial charge >= 0.3 is 0 Å². The molecule has 0 rings (SSSR count). The fourth-order valence-electron chi connectivity index (χ4n) is 2.99. The molecule has 2 nitrogen and oxygen atoms in total. The smallest absolute Gasteiger partial charge is 0.00773 e. The molecule has 0 amide bonds. The molecule has 0 saturated carbocycles. The van der Waals surface area contributed by atoms with Crippen molar-refractivity contribution in [2.75, 3.05) is 24.6 Å². The number of rotatable bonds is 20. The molecule has 0 spiro atoms. The average Bonchev–Trinajstić information content (AvgIpc) is 2.66. The van der Waals surface area contributed by atoms with Crippen LogP contribution in [-0.2, 0) is 0 Å². The molecule has 0 aromatic heterocycles. The molecule has 0 unspecified atom stereocenters. The van der Waals surface area contributed by atoms with Crippen molar-refractivity contribution in [3.8, 4) is 0 Å². The second-order valence-electron chi connectivity index (χ2n) is 7.39. The molecule has 0 aliphatic carbocycles. The van der Waals surface area contributed by atoms with Crippen LogP contribution in [-0.4, -0.2) is 24.6 Å². The molecule has 0 atom stereocenters. The lowest BCUT2D eigenvalue weighted by molar-refractivity contribution is 0.559. The van der Waals surface area contributed by atoms with Crippen LogP contribution in [0.4, 0.5) is 0 Å². The number of unbranched alkanes of at least 4 members (excludes halogenated alkanes) is 16. The van der Waals surface area contributed by atoms with E-state index in [2.05, 4.69) is 25.3 Å². The minimum atomic E-state index is 0.861.